The summed E-state index contributed by atoms with van der Waals surface area (Å²) in [5.74, 6) is -0.858. The summed E-state index contributed by atoms with van der Waals surface area (Å²) in [6.45, 7) is 3.52. The van der Waals surface area contributed by atoms with E-state index in [4.69, 9.17) is 0 Å². The largest absolute Gasteiger partial charge is 0.290 e. The molecule has 1 aliphatic carbocycles. The summed E-state index contributed by atoms with van der Waals surface area (Å²) in [7, 11) is 0. The van der Waals surface area contributed by atoms with Gasteiger partial charge in [0, 0.05) is 11.5 Å². The summed E-state index contributed by atoms with van der Waals surface area (Å²) in [5, 5.41) is 0. The molecule has 84 valence electrons. The fourth-order valence-electron chi connectivity index (χ4n) is 2.12. The predicted octanol–water partition coefficient (Wildman–Crippen LogP) is 2.58. The molecule has 0 fully saturated rings. The van der Waals surface area contributed by atoms with Crippen LogP contribution in [0.1, 0.15) is 41.8 Å². The Morgan fingerprint density at radius 1 is 1.12 bits per heavy atom. The van der Waals surface area contributed by atoms with Gasteiger partial charge in [0.05, 0.1) is 0 Å². The van der Waals surface area contributed by atoms with E-state index in [9.17, 15) is 9.59 Å². The minimum Gasteiger partial charge on any atom is -0.290 e. The summed E-state index contributed by atoms with van der Waals surface area (Å²) in [4.78, 5) is 23.4. The number of hydrogen-bond acceptors (Lipinski definition) is 2. The molecule has 0 atom stereocenters. The molecular formula is C14H16O2. The number of rotatable bonds is 3. The molecule has 0 aliphatic heterocycles. The summed E-state index contributed by atoms with van der Waals surface area (Å²) < 4.78 is 0. The van der Waals surface area contributed by atoms with Crippen molar-refractivity contribution in [2.75, 3.05) is 0 Å². The lowest BCUT2D eigenvalue weighted by Gasteiger charge is -2.05. The number of carbonyl (C=O) groups excluding carboxylic acids is 2. The Hall–Kier alpha value is -1.44. The third kappa shape index (κ3) is 1.92. The van der Waals surface area contributed by atoms with Crippen molar-refractivity contribution in [3.8, 4) is 0 Å². The second-order valence-corrected chi connectivity index (χ2v) is 4.69. The SMILES string of the molecule is CC(C)C(=O)C(=O)c1ccc2c(c1)CCC2. The highest BCUT2D eigenvalue weighted by molar-refractivity contribution is 6.44. The highest BCUT2D eigenvalue weighted by Gasteiger charge is 2.21. The number of aryl methyl sites for hydroxylation is 2. The topological polar surface area (TPSA) is 34.1 Å². The predicted molar refractivity (Wildman–Crippen MR) is 62.6 cm³/mol. The first-order chi connectivity index (χ1) is 7.59. The van der Waals surface area contributed by atoms with Gasteiger partial charge in [-0.1, -0.05) is 26.0 Å². The van der Waals surface area contributed by atoms with Crippen molar-refractivity contribution in [2.45, 2.75) is 33.1 Å². The van der Waals surface area contributed by atoms with Crippen LogP contribution in [0, 0.1) is 5.92 Å². The van der Waals surface area contributed by atoms with E-state index in [-0.39, 0.29) is 17.5 Å². The van der Waals surface area contributed by atoms with Crippen molar-refractivity contribution in [3.05, 3.63) is 34.9 Å². The molecule has 0 N–H and O–H groups in total. The van der Waals surface area contributed by atoms with Crippen molar-refractivity contribution in [1.29, 1.82) is 0 Å². The first-order valence-corrected chi connectivity index (χ1v) is 5.80. The second kappa shape index (κ2) is 4.20. The molecule has 0 radical (unpaired) electrons. The van der Waals surface area contributed by atoms with E-state index in [1.807, 2.05) is 12.1 Å². The Balaban J connectivity index is 2.28. The van der Waals surface area contributed by atoms with Gasteiger partial charge in [0.2, 0.25) is 11.6 Å². The smallest absolute Gasteiger partial charge is 0.228 e. The van der Waals surface area contributed by atoms with Gasteiger partial charge >= 0.3 is 0 Å². The molecule has 0 saturated carbocycles. The highest BCUT2D eigenvalue weighted by atomic mass is 16.2. The van der Waals surface area contributed by atoms with Crippen LogP contribution >= 0.6 is 0 Å². The van der Waals surface area contributed by atoms with Crippen molar-refractivity contribution in [3.63, 3.8) is 0 Å². The Labute approximate surface area is 95.7 Å². The molecule has 1 aliphatic rings. The van der Waals surface area contributed by atoms with E-state index in [1.165, 1.54) is 11.1 Å². The molecule has 0 aromatic heterocycles. The third-order valence-corrected chi connectivity index (χ3v) is 3.11. The van der Waals surface area contributed by atoms with E-state index >= 15 is 0 Å². The minimum atomic E-state index is -0.343. The van der Waals surface area contributed by atoms with E-state index in [2.05, 4.69) is 0 Å². The molecule has 0 spiro atoms. The molecule has 2 rings (SSSR count). The number of benzene rings is 1. The van der Waals surface area contributed by atoms with Crippen LogP contribution in [-0.2, 0) is 17.6 Å². The van der Waals surface area contributed by atoms with Gasteiger partial charge in [-0.05, 0) is 36.5 Å². The zero-order valence-corrected chi connectivity index (χ0v) is 9.75. The lowest BCUT2D eigenvalue weighted by molar-refractivity contribution is -0.117. The van der Waals surface area contributed by atoms with Gasteiger partial charge in [0.15, 0.2) is 0 Å². The highest BCUT2D eigenvalue weighted by Crippen LogP contribution is 2.23. The van der Waals surface area contributed by atoms with Crippen LogP contribution in [-0.4, -0.2) is 11.6 Å². The van der Waals surface area contributed by atoms with Gasteiger partial charge in [-0.25, -0.2) is 0 Å². The molecule has 0 heterocycles. The molecular weight excluding hydrogens is 200 g/mol. The van der Waals surface area contributed by atoms with E-state index in [0.29, 0.717) is 5.56 Å². The van der Waals surface area contributed by atoms with E-state index in [0.717, 1.165) is 19.3 Å². The van der Waals surface area contributed by atoms with Crippen molar-refractivity contribution >= 4 is 11.6 Å². The average molecular weight is 216 g/mol. The number of hydrogen-bond donors (Lipinski definition) is 0. The molecule has 0 unspecified atom stereocenters. The Kier molecular flexibility index (Phi) is 2.90. The maximum absolute atomic E-state index is 11.8. The number of Topliss-reactive ketones (excluding diaryl/α,β-unsaturated/α-hetero) is 2. The lowest BCUT2D eigenvalue weighted by atomic mass is 9.97. The Morgan fingerprint density at radius 3 is 2.50 bits per heavy atom. The third-order valence-electron chi connectivity index (χ3n) is 3.11. The lowest BCUT2D eigenvalue weighted by Crippen LogP contribution is -2.19. The zero-order chi connectivity index (χ0) is 11.7. The summed E-state index contributed by atoms with van der Waals surface area (Å²) in [6, 6.07) is 5.67. The summed E-state index contributed by atoms with van der Waals surface area (Å²) >= 11 is 0. The molecule has 2 heteroatoms. The zero-order valence-electron chi connectivity index (χ0n) is 9.75. The van der Waals surface area contributed by atoms with Crippen LogP contribution in [0.2, 0.25) is 0 Å². The number of ketones is 2. The van der Waals surface area contributed by atoms with Crippen LogP contribution in [0.4, 0.5) is 0 Å². The van der Waals surface area contributed by atoms with Crippen LogP contribution in [0.5, 0.6) is 0 Å². The van der Waals surface area contributed by atoms with Crippen molar-refractivity contribution < 1.29 is 9.59 Å². The minimum absolute atomic E-state index is 0.222. The fourth-order valence-corrected chi connectivity index (χ4v) is 2.12. The maximum Gasteiger partial charge on any atom is 0.228 e. The van der Waals surface area contributed by atoms with Gasteiger partial charge in [0.25, 0.3) is 0 Å². The van der Waals surface area contributed by atoms with Gasteiger partial charge in [-0.15, -0.1) is 0 Å². The van der Waals surface area contributed by atoms with Crippen LogP contribution in [0.3, 0.4) is 0 Å². The quantitative estimate of drug-likeness (QED) is 0.575. The summed E-state index contributed by atoms with van der Waals surface area (Å²) in [6.07, 6.45) is 3.29. The molecule has 0 bridgehead atoms. The molecule has 1 aromatic rings. The Bertz CT molecular complexity index is 444. The van der Waals surface area contributed by atoms with Gasteiger partial charge in [-0.2, -0.15) is 0 Å². The Morgan fingerprint density at radius 2 is 1.81 bits per heavy atom. The van der Waals surface area contributed by atoms with Gasteiger partial charge in [0.1, 0.15) is 0 Å². The number of fused-ring (bicyclic) bond motifs is 1. The van der Waals surface area contributed by atoms with Gasteiger partial charge in [-0.3, -0.25) is 9.59 Å². The van der Waals surface area contributed by atoms with Crippen molar-refractivity contribution in [1.82, 2.24) is 0 Å². The van der Waals surface area contributed by atoms with E-state index in [1.54, 1.807) is 19.9 Å². The van der Waals surface area contributed by atoms with E-state index < -0.39 is 0 Å². The normalized spacial score (nSPS) is 13.9. The monoisotopic (exact) mass is 216 g/mol. The molecule has 16 heavy (non-hydrogen) atoms. The average Bonchev–Trinajstić information content (AvgIpc) is 2.73. The van der Waals surface area contributed by atoms with Crippen LogP contribution in [0.15, 0.2) is 18.2 Å². The summed E-state index contributed by atoms with van der Waals surface area (Å²) in [5.41, 5.74) is 3.12. The molecule has 2 nitrogen and oxygen atoms in total. The second-order valence-electron chi connectivity index (χ2n) is 4.69. The number of carbonyl (C=O) groups is 2. The van der Waals surface area contributed by atoms with Gasteiger partial charge < -0.3 is 0 Å². The first kappa shape index (κ1) is 11.1. The van der Waals surface area contributed by atoms with Crippen molar-refractivity contribution in [2.24, 2.45) is 5.92 Å². The standard InChI is InChI=1S/C14H16O2/c1-9(2)13(15)14(16)12-7-6-10-4-3-5-11(10)8-12/h6-9H,3-5H2,1-2H3. The molecule has 1 aromatic carbocycles. The van der Waals surface area contributed by atoms with Crippen LogP contribution in [0.25, 0.3) is 0 Å². The van der Waals surface area contributed by atoms with Crippen LogP contribution < -0.4 is 0 Å². The fraction of sp³-hybridized carbons (Fsp3) is 0.429. The molecule has 0 saturated heterocycles. The maximum atomic E-state index is 11.8. The molecule has 0 amide bonds. The first-order valence-electron chi connectivity index (χ1n) is 5.80.